The summed E-state index contributed by atoms with van der Waals surface area (Å²) < 4.78 is 32.6. The summed E-state index contributed by atoms with van der Waals surface area (Å²) in [5.41, 5.74) is 1.55. The van der Waals surface area contributed by atoms with Crippen molar-refractivity contribution < 1.29 is 23.1 Å². The number of hydrogen-bond donors (Lipinski definition) is 1. The van der Waals surface area contributed by atoms with Gasteiger partial charge in [-0.25, -0.2) is 8.78 Å². The molecule has 1 saturated heterocycles. The van der Waals surface area contributed by atoms with Gasteiger partial charge >= 0.3 is 5.97 Å². The average Bonchev–Trinajstić information content (AvgIpc) is 3.09. The molecular formula is C20H19ClF2N4O3. The molecule has 2 aliphatic heterocycles. The summed E-state index contributed by atoms with van der Waals surface area (Å²) >= 11 is 5.55. The Kier molecular flexibility index (Phi) is 5.46. The Bertz CT molecular complexity index is 997. The van der Waals surface area contributed by atoms with Crippen LogP contribution in [0, 0.1) is 11.6 Å². The second kappa shape index (κ2) is 8.06. The number of esters is 1. The summed E-state index contributed by atoms with van der Waals surface area (Å²) in [5.74, 6) is -1.68. The Labute approximate surface area is 176 Å². The Balaban J connectivity index is 1.35. The van der Waals surface area contributed by atoms with Crippen molar-refractivity contribution in [2.24, 2.45) is 0 Å². The molecule has 0 saturated carbocycles. The molecule has 10 heteroatoms. The van der Waals surface area contributed by atoms with E-state index >= 15 is 0 Å². The van der Waals surface area contributed by atoms with Gasteiger partial charge in [0.05, 0.1) is 30.5 Å². The highest BCUT2D eigenvalue weighted by Gasteiger charge is 2.28. The minimum Gasteiger partial charge on any atom is -0.424 e. The maximum Gasteiger partial charge on any atom is 0.317 e. The minimum atomic E-state index is -0.810. The number of nitrogens with one attached hydrogen (secondary N) is 1. The highest BCUT2D eigenvalue weighted by atomic mass is 35.5. The van der Waals surface area contributed by atoms with Crippen molar-refractivity contribution in [3.8, 4) is 5.75 Å². The Morgan fingerprint density at radius 2 is 2.03 bits per heavy atom. The van der Waals surface area contributed by atoms with E-state index in [9.17, 15) is 18.4 Å². The molecule has 30 heavy (non-hydrogen) atoms. The number of hydrogen-bond acceptors (Lipinski definition) is 6. The number of ether oxygens (including phenoxy) is 1. The summed E-state index contributed by atoms with van der Waals surface area (Å²) in [6.45, 7) is 3.20. The van der Waals surface area contributed by atoms with Crippen molar-refractivity contribution in [3.63, 3.8) is 0 Å². The summed E-state index contributed by atoms with van der Waals surface area (Å²) in [7, 11) is 0. The van der Waals surface area contributed by atoms with E-state index in [0.29, 0.717) is 42.5 Å². The molecule has 4 rings (SSSR count). The molecule has 1 amide bonds. The smallest absolute Gasteiger partial charge is 0.317 e. The number of amides is 1. The molecule has 3 heterocycles. The van der Waals surface area contributed by atoms with Gasteiger partial charge in [-0.2, -0.15) is 0 Å². The second-order valence-corrected chi connectivity index (χ2v) is 7.66. The fourth-order valence-electron chi connectivity index (χ4n) is 3.65. The van der Waals surface area contributed by atoms with E-state index in [4.69, 9.17) is 16.3 Å². The minimum absolute atomic E-state index is 0.0446. The zero-order chi connectivity index (χ0) is 21.4. The lowest BCUT2D eigenvalue weighted by atomic mass is 10.1. The lowest BCUT2D eigenvalue weighted by Gasteiger charge is -2.41. The molecule has 0 unspecified atom stereocenters. The van der Waals surface area contributed by atoms with Gasteiger partial charge in [0.1, 0.15) is 16.7 Å². The number of pyridine rings is 1. The van der Waals surface area contributed by atoms with Crippen molar-refractivity contribution >= 4 is 34.9 Å². The number of carbonyl (C=O) groups excluding carboxylic acids is 2. The predicted octanol–water partition coefficient (Wildman–Crippen LogP) is 2.62. The van der Waals surface area contributed by atoms with Crippen molar-refractivity contribution in [3.05, 3.63) is 46.7 Å². The third kappa shape index (κ3) is 4.02. The number of anilines is 2. The fourth-order valence-corrected chi connectivity index (χ4v) is 3.76. The molecule has 2 aliphatic rings. The van der Waals surface area contributed by atoms with E-state index in [1.165, 1.54) is 12.1 Å². The Morgan fingerprint density at radius 1 is 1.30 bits per heavy atom. The summed E-state index contributed by atoms with van der Waals surface area (Å²) in [5, 5.41) is 2.47. The molecule has 158 valence electrons. The topological polar surface area (TPSA) is 74.8 Å². The van der Waals surface area contributed by atoms with E-state index in [1.807, 2.05) is 11.8 Å². The van der Waals surface area contributed by atoms with Crippen LogP contribution in [0.4, 0.5) is 20.2 Å². The van der Waals surface area contributed by atoms with Crippen LogP contribution in [-0.2, 0) is 16.0 Å². The van der Waals surface area contributed by atoms with E-state index in [-0.39, 0.29) is 30.9 Å². The van der Waals surface area contributed by atoms with E-state index in [0.717, 1.165) is 0 Å². The third-order valence-corrected chi connectivity index (χ3v) is 5.55. The zero-order valence-electron chi connectivity index (χ0n) is 16.1. The number of benzene rings is 1. The third-order valence-electron chi connectivity index (χ3n) is 5.19. The molecule has 0 spiro atoms. The number of nitrogens with zero attached hydrogens (tertiary/aromatic N) is 3. The normalized spacial score (nSPS) is 18.3. The lowest BCUT2D eigenvalue weighted by molar-refractivity contribution is -0.132. The molecule has 0 aliphatic carbocycles. The number of carbonyl (C=O) groups is 2. The van der Waals surface area contributed by atoms with Gasteiger partial charge < -0.3 is 19.9 Å². The summed E-state index contributed by atoms with van der Waals surface area (Å²) in [6, 6.07) is 3.88. The van der Waals surface area contributed by atoms with Gasteiger partial charge in [-0.3, -0.25) is 14.6 Å². The highest BCUT2D eigenvalue weighted by Crippen LogP contribution is 2.28. The van der Waals surface area contributed by atoms with Crippen molar-refractivity contribution in [2.45, 2.75) is 19.4 Å². The van der Waals surface area contributed by atoms with E-state index in [2.05, 4.69) is 10.3 Å². The molecule has 0 radical (unpaired) electrons. The van der Waals surface area contributed by atoms with Crippen LogP contribution in [0.5, 0.6) is 5.75 Å². The molecular weight excluding hydrogens is 418 g/mol. The van der Waals surface area contributed by atoms with Gasteiger partial charge in [0.2, 0.25) is 5.91 Å². The van der Waals surface area contributed by atoms with Crippen LogP contribution in [0.2, 0.25) is 5.02 Å². The first-order chi connectivity index (χ1) is 14.3. The van der Waals surface area contributed by atoms with Gasteiger partial charge in [0.15, 0.2) is 5.75 Å². The zero-order valence-corrected chi connectivity index (χ0v) is 16.9. The van der Waals surface area contributed by atoms with Gasteiger partial charge in [0, 0.05) is 37.4 Å². The molecule has 1 fully saturated rings. The van der Waals surface area contributed by atoms with Crippen molar-refractivity contribution in [1.29, 1.82) is 0 Å². The monoisotopic (exact) mass is 436 g/mol. The number of fused-ring (bicyclic) bond motifs is 1. The molecule has 1 aromatic heterocycles. The molecule has 1 atom stereocenters. The van der Waals surface area contributed by atoms with Gasteiger partial charge in [-0.1, -0.05) is 11.6 Å². The van der Waals surface area contributed by atoms with Gasteiger partial charge in [0.25, 0.3) is 0 Å². The van der Waals surface area contributed by atoms with Crippen LogP contribution >= 0.6 is 11.6 Å². The first-order valence-corrected chi connectivity index (χ1v) is 9.82. The first kappa shape index (κ1) is 20.3. The van der Waals surface area contributed by atoms with Crippen molar-refractivity contribution in [1.82, 2.24) is 9.88 Å². The SMILES string of the molecule is C[C@@H]1CN(c2cc(F)c(Cl)c(F)c2)CCN1C(=O)CNc1cnc2c(c1)OC(=O)C2. The highest BCUT2D eigenvalue weighted by molar-refractivity contribution is 6.31. The molecule has 2 aromatic rings. The predicted molar refractivity (Wildman–Crippen MR) is 107 cm³/mol. The Morgan fingerprint density at radius 3 is 2.73 bits per heavy atom. The van der Waals surface area contributed by atoms with Crippen LogP contribution in [0.25, 0.3) is 0 Å². The van der Waals surface area contributed by atoms with Crippen molar-refractivity contribution in [2.75, 3.05) is 36.4 Å². The van der Waals surface area contributed by atoms with Crippen LogP contribution in [0.3, 0.4) is 0 Å². The number of aromatic nitrogens is 1. The second-order valence-electron chi connectivity index (χ2n) is 7.28. The van der Waals surface area contributed by atoms with Gasteiger partial charge in [-0.15, -0.1) is 0 Å². The number of halogens is 3. The first-order valence-electron chi connectivity index (χ1n) is 9.44. The molecule has 7 nitrogen and oxygen atoms in total. The maximum absolute atomic E-state index is 13.8. The van der Waals surface area contributed by atoms with E-state index < -0.39 is 16.7 Å². The molecule has 1 N–H and O–H groups in total. The Hall–Kier alpha value is -2.94. The van der Waals surface area contributed by atoms with Crippen LogP contribution in [0.15, 0.2) is 24.4 Å². The molecule has 0 bridgehead atoms. The maximum atomic E-state index is 13.8. The largest absolute Gasteiger partial charge is 0.424 e. The number of rotatable bonds is 4. The molecule has 1 aromatic carbocycles. The van der Waals surface area contributed by atoms with Crippen LogP contribution in [0.1, 0.15) is 12.6 Å². The van der Waals surface area contributed by atoms with Gasteiger partial charge in [-0.05, 0) is 19.1 Å². The standard InChI is InChI=1S/C20H19ClF2N4O3/c1-11-10-26(13-5-14(22)20(21)15(23)6-13)2-3-27(11)18(28)9-24-12-4-17-16(25-8-12)7-19(29)30-17/h4-6,8,11,24H,2-3,7,9-10H2,1H3/t11-/m1/s1. The number of piperazine rings is 1. The van der Waals surface area contributed by atoms with Crippen LogP contribution < -0.4 is 15.0 Å². The summed E-state index contributed by atoms with van der Waals surface area (Å²) in [4.78, 5) is 31.7. The lowest BCUT2D eigenvalue weighted by Crippen LogP contribution is -2.55. The summed E-state index contributed by atoms with van der Waals surface area (Å²) in [6.07, 6.45) is 1.71. The average molecular weight is 437 g/mol. The van der Waals surface area contributed by atoms with E-state index in [1.54, 1.807) is 17.2 Å². The van der Waals surface area contributed by atoms with Crippen LogP contribution in [-0.4, -0.2) is 54.0 Å². The fraction of sp³-hybridized carbons (Fsp3) is 0.350. The quantitative estimate of drug-likeness (QED) is 0.586.